The Balaban J connectivity index is 1.53. The number of aryl methyl sites for hydroxylation is 1. The molecular formula is C25H22F3N7O. The van der Waals surface area contributed by atoms with Gasteiger partial charge in [0.1, 0.15) is 11.6 Å². The molecule has 0 saturated heterocycles. The van der Waals surface area contributed by atoms with Gasteiger partial charge in [-0.15, -0.1) is 5.10 Å². The minimum absolute atomic E-state index is 0.0838. The number of fused-ring (bicyclic) bond motifs is 3. The van der Waals surface area contributed by atoms with Gasteiger partial charge in [0.2, 0.25) is 0 Å². The van der Waals surface area contributed by atoms with Crippen molar-refractivity contribution in [2.45, 2.75) is 44.9 Å². The van der Waals surface area contributed by atoms with Gasteiger partial charge in [-0.1, -0.05) is 0 Å². The molecule has 1 aromatic carbocycles. The highest BCUT2D eigenvalue weighted by Gasteiger charge is 2.33. The first-order valence-corrected chi connectivity index (χ1v) is 11.4. The number of amides is 1. The summed E-state index contributed by atoms with van der Waals surface area (Å²) < 4.78 is 38.8. The predicted octanol–water partition coefficient (Wildman–Crippen LogP) is 4.31. The Hall–Kier alpha value is -4.15. The molecule has 2 N–H and O–H groups in total. The third-order valence-electron chi connectivity index (χ3n) is 6.37. The number of hydrogen-bond donors (Lipinski definition) is 1. The molecule has 3 heterocycles. The van der Waals surface area contributed by atoms with E-state index in [1.165, 1.54) is 11.0 Å². The summed E-state index contributed by atoms with van der Waals surface area (Å²) >= 11 is 0. The number of alkyl halides is 3. The number of carbonyl (C=O) groups excluding carboxylic acids is 1. The maximum Gasteiger partial charge on any atom is 0.435 e. The molecule has 36 heavy (non-hydrogen) atoms. The summed E-state index contributed by atoms with van der Waals surface area (Å²) in [4.78, 5) is 28.3. The Morgan fingerprint density at radius 2 is 1.83 bits per heavy atom. The molecule has 11 heteroatoms. The largest absolute Gasteiger partial charge is 0.435 e. The van der Waals surface area contributed by atoms with Gasteiger partial charge in [-0.25, -0.2) is 15.0 Å². The van der Waals surface area contributed by atoms with Crippen LogP contribution in [0.25, 0.3) is 10.9 Å². The normalized spacial score (nSPS) is 14.0. The quantitative estimate of drug-likeness (QED) is 0.441. The first-order valence-electron chi connectivity index (χ1n) is 11.4. The summed E-state index contributed by atoms with van der Waals surface area (Å²) in [6.07, 6.45) is 1.21. The number of halogens is 3. The topological polar surface area (TPSA) is 111 Å². The van der Waals surface area contributed by atoms with Crippen LogP contribution in [0.3, 0.4) is 0 Å². The van der Waals surface area contributed by atoms with Crippen LogP contribution >= 0.6 is 0 Å². The van der Waals surface area contributed by atoms with E-state index in [9.17, 15) is 18.0 Å². The van der Waals surface area contributed by atoms with Crippen LogP contribution in [-0.2, 0) is 25.6 Å². The fraction of sp³-hybridized carbons (Fsp3) is 0.280. The molecule has 0 bridgehead atoms. The number of anilines is 1. The zero-order valence-electron chi connectivity index (χ0n) is 19.3. The van der Waals surface area contributed by atoms with Crippen LogP contribution in [-0.4, -0.2) is 36.0 Å². The number of rotatable bonds is 5. The maximum atomic E-state index is 13.8. The van der Waals surface area contributed by atoms with Crippen LogP contribution < -0.4 is 5.73 Å². The van der Waals surface area contributed by atoms with E-state index in [4.69, 9.17) is 5.73 Å². The van der Waals surface area contributed by atoms with Crippen molar-refractivity contribution in [2.24, 2.45) is 0 Å². The molecule has 0 fully saturated rings. The van der Waals surface area contributed by atoms with Crippen LogP contribution in [0.2, 0.25) is 0 Å². The van der Waals surface area contributed by atoms with Gasteiger partial charge >= 0.3 is 6.18 Å². The minimum atomic E-state index is -4.60. The Bertz CT molecular complexity index is 1430. The van der Waals surface area contributed by atoms with Gasteiger partial charge in [0.05, 0.1) is 23.8 Å². The fourth-order valence-corrected chi connectivity index (χ4v) is 4.52. The Labute approximate surface area is 204 Å². The summed E-state index contributed by atoms with van der Waals surface area (Å²) in [5, 5.41) is 7.88. The molecule has 0 unspecified atom stereocenters. The van der Waals surface area contributed by atoms with Gasteiger partial charge in [0, 0.05) is 23.3 Å². The molecule has 1 atom stereocenters. The predicted molar refractivity (Wildman–Crippen MR) is 126 cm³/mol. The van der Waals surface area contributed by atoms with Gasteiger partial charge in [0.25, 0.3) is 5.91 Å². The van der Waals surface area contributed by atoms with Crippen molar-refractivity contribution < 1.29 is 18.0 Å². The lowest BCUT2D eigenvalue weighted by Gasteiger charge is -2.28. The number of nitrogens with two attached hydrogens (primary N) is 1. The molecule has 0 aliphatic heterocycles. The molecule has 0 radical (unpaired) electrons. The zero-order chi connectivity index (χ0) is 25.4. The van der Waals surface area contributed by atoms with Crippen molar-refractivity contribution in [2.75, 3.05) is 5.73 Å². The van der Waals surface area contributed by atoms with Crippen molar-refractivity contribution in [3.63, 3.8) is 0 Å². The number of nitrogen functional groups attached to an aromatic ring is 1. The number of aromatic nitrogens is 5. The molecule has 1 amide bonds. The van der Waals surface area contributed by atoms with Crippen molar-refractivity contribution in [1.29, 1.82) is 0 Å². The number of carbonyl (C=O) groups is 1. The van der Waals surface area contributed by atoms with E-state index in [0.29, 0.717) is 22.7 Å². The van der Waals surface area contributed by atoms with Gasteiger partial charge in [-0.05, 0) is 73.7 Å². The van der Waals surface area contributed by atoms with Crippen LogP contribution in [0.1, 0.15) is 58.1 Å². The van der Waals surface area contributed by atoms with Crippen LogP contribution in [0.5, 0.6) is 0 Å². The molecule has 3 aromatic heterocycles. The van der Waals surface area contributed by atoms with Gasteiger partial charge < -0.3 is 10.6 Å². The van der Waals surface area contributed by atoms with E-state index in [1.54, 1.807) is 43.6 Å². The van der Waals surface area contributed by atoms with E-state index in [0.717, 1.165) is 41.8 Å². The maximum absolute atomic E-state index is 13.8. The van der Waals surface area contributed by atoms with Crippen molar-refractivity contribution in [3.05, 3.63) is 82.7 Å². The fourth-order valence-electron chi connectivity index (χ4n) is 4.52. The highest BCUT2D eigenvalue weighted by atomic mass is 19.4. The van der Waals surface area contributed by atoms with E-state index >= 15 is 0 Å². The van der Waals surface area contributed by atoms with Crippen LogP contribution in [0, 0.1) is 0 Å². The van der Waals surface area contributed by atoms with Gasteiger partial charge in [0.15, 0.2) is 5.69 Å². The molecule has 1 aliphatic rings. The average molecular weight is 493 g/mol. The van der Waals surface area contributed by atoms with Gasteiger partial charge in [-0.3, -0.25) is 4.79 Å². The van der Waals surface area contributed by atoms with Crippen molar-refractivity contribution >= 4 is 22.6 Å². The lowest BCUT2D eigenvalue weighted by molar-refractivity contribution is -0.141. The van der Waals surface area contributed by atoms with Crippen molar-refractivity contribution in [3.8, 4) is 0 Å². The summed E-state index contributed by atoms with van der Waals surface area (Å²) in [5.41, 5.74) is 8.48. The molecule has 184 valence electrons. The van der Waals surface area contributed by atoms with Crippen LogP contribution in [0.15, 0.2) is 48.8 Å². The highest BCUT2D eigenvalue weighted by Crippen LogP contribution is 2.33. The van der Waals surface area contributed by atoms with E-state index in [1.807, 2.05) is 0 Å². The summed E-state index contributed by atoms with van der Waals surface area (Å²) in [7, 11) is 0. The van der Waals surface area contributed by atoms with E-state index < -0.39 is 17.9 Å². The number of nitrogens with zero attached hydrogens (tertiary/aromatic N) is 6. The molecule has 0 spiro atoms. The minimum Gasteiger partial charge on any atom is -0.383 e. The van der Waals surface area contributed by atoms with E-state index in [-0.39, 0.29) is 18.1 Å². The molecule has 4 aromatic rings. The Morgan fingerprint density at radius 1 is 1.08 bits per heavy atom. The SMILES string of the molecule is C[C@@H](c1ncccn1)N(Cc1ccc(C(F)(F)F)nn1)C(=O)c1ccc2nc(N)c3c(c2c1)CCC3. The Kier molecular flexibility index (Phi) is 5.99. The third kappa shape index (κ3) is 4.43. The lowest BCUT2D eigenvalue weighted by atomic mass is 10.0. The molecule has 1 aliphatic carbocycles. The van der Waals surface area contributed by atoms with E-state index in [2.05, 4.69) is 25.1 Å². The third-order valence-corrected chi connectivity index (χ3v) is 6.37. The lowest BCUT2D eigenvalue weighted by Crippen LogP contribution is -2.34. The first kappa shape index (κ1) is 23.6. The zero-order valence-corrected chi connectivity index (χ0v) is 19.3. The Morgan fingerprint density at radius 3 is 2.53 bits per heavy atom. The summed E-state index contributed by atoms with van der Waals surface area (Å²) in [5.74, 6) is 0.565. The first-order chi connectivity index (χ1) is 17.2. The number of benzene rings is 1. The smallest absolute Gasteiger partial charge is 0.383 e. The molecule has 5 rings (SSSR count). The number of pyridine rings is 1. The highest BCUT2D eigenvalue weighted by molar-refractivity contribution is 5.99. The molecule has 8 nitrogen and oxygen atoms in total. The second-order valence-electron chi connectivity index (χ2n) is 8.66. The number of hydrogen-bond acceptors (Lipinski definition) is 7. The molecular weight excluding hydrogens is 471 g/mol. The van der Waals surface area contributed by atoms with Crippen molar-refractivity contribution in [1.82, 2.24) is 30.0 Å². The molecule has 0 saturated carbocycles. The monoisotopic (exact) mass is 493 g/mol. The second-order valence-corrected chi connectivity index (χ2v) is 8.66. The standard InChI is InChI=1S/C25H22F3N7O/c1-14(23-30-10-3-11-31-23)35(13-16-7-9-21(34-33-16)25(26,27)28)24(36)15-6-8-20-19(12-15)17-4-2-5-18(17)22(29)32-20/h3,6-12,14H,2,4-5,13H2,1H3,(H2,29,32)/t14-/m0/s1. The summed E-state index contributed by atoms with van der Waals surface area (Å²) in [6, 6.07) is 8.37. The second kappa shape index (κ2) is 9.14. The summed E-state index contributed by atoms with van der Waals surface area (Å²) in [6.45, 7) is 1.67. The van der Waals surface area contributed by atoms with Crippen LogP contribution in [0.4, 0.5) is 19.0 Å². The average Bonchev–Trinajstić information content (AvgIpc) is 3.38. The van der Waals surface area contributed by atoms with Gasteiger partial charge in [-0.2, -0.15) is 18.3 Å².